The molecule has 0 fully saturated rings. The number of nitrogens with zero attached hydrogens (tertiary/aromatic N) is 3. The first-order valence-electron chi connectivity index (χ1n) is 6.37. The number of furan rings is 1. The lowest BCUT2D eigenvalue weighted by atomic mass is 10.2. The highest BCUT2D eigenvalue weighted by atomic mass is 16.4. The third-order valence-electron chi connectivity index (χ3n) is 3.05. The van der Waals surface area contributed by atoms with E-state index in [1.165, 1.54) is 10.9 Å². The van der Waals surface area contributed by atoms with Crippen molar-refractivity contribution in [2.24, 2.45) is 0 Å². The Balaban J connectivity index is 2.15. The van der Waals surface area contributed by atoms with Crippen molar-refractivity contribution in [1.29, 1.82) is 0 Å². The summed E-state index contributed by atoms with van der Waals surface area (Å²) in [5.74, 6) is 0.630. The number of hydrogen-bond donors (Lipinski definition) is 1. The summed E-state index contributed by atoms with van der Waals surface area (Å²) >= 11 is 0. The zero-order valence-electron chi connectivity index (χ0n) is 11.6. The van der Waals surface area contributed by atoms with Gasteiger partial charge in [0.2, 0.25) is 0 Å². The van der Waals surface area contributed by atoms with Crippen LogP contribution in [-0.2, 0) is 0 Å². The highest BCUT2D eigenvalue weighted by Crippen LogP contribution is 2.25. The van der Waals surface area contributed by atoms with Crippen LogP contribution >= 0.6 is 0 Å². The number of carboxylic acids is 1. The minimum atomic E-state index is -1.06. The van der Waals surface area contributed by atoms with Gasteiger partial charge in [-0.2, -0.15) is 5.10 Å². The Hall–Kier alpha value is -2.89. The first kappa shape index (κ1) is 13.1. The van der Waals surface area contributed by atoms with E-state index in [4.69, 9.17) is 4.42 Å². The largest absolute Gasteiger partial charge is 0.478 e. The summed E-state index contributed by atoms with van der Waals surface area (Å²) in [4.78, 5) is 15.6. The smallest absolute Gasteiger partial charge is 0.339 e. The number of pyridine rings is 1. The molecule has 106 valence electrons. The van der Waals surface area contributed by atoms with Crippen LogP contribution in [0.4, 0.5) is 0 Å². The minimum Gasteiger partial charge on any atom is -0.478 e. The number of carboxylic acid groups (broad SMARTS) is 1. The summed E-state index contributed by atoms with van der Waals surface area (Å²) in [7, 11) is 0. The van der Waals surface area contributed by atoms with Crippen molar-refractivity contribution in [3.63, 3.8) is 0 Å². The van der Waals surface area contributed by atoms with Crippen molar-refractivity contribution in [2.75, 3.05) is 0 Å². The lowest BCUT2D eigenvalue weighted by molar-refractivity contribution is 0.0697. The van der Waals surface area contributed by atoms with E-state index in [-0.39, 0.29) is 5.56 Å². The van der Waals surface area contributed by atoms with Crippen LogP contribution in [0, 0.1) is 13.8 Å². The molecule has 6 heteroatoms. The lowest BCUT2D eigenvalue weighted by Crippen LogP contribution is -1.98. The van der Waals surface area contributed by atoms with Crippen molar-refractivity contribution >= 4 is 5.97 Å². The molecule has 0 amide bonds. The van der Waals surface area contributed by atoms with Crippen molar-refractivity contribution in [3.8, 4) is 17.3 Å². The zero-order valence-corrected chi connectivity index (χ0v) is 11.6. The maximum Gasteiger partial charge on any atom is 0.339 e. The summed E-state index contributed by atoms with van der Waals surface area (Å²) in [6.07, 6.45) is 3.10. The monoisotopic (exact) mass is 283 g/mol. The second kappa shape index (κ2) is 4.90. The Bertz CT molecular complexity index is 817. The molecule has 6 nitrogen and oxygen atoms in total. The zero-order chi connectivity index (χ0) is 15.0. The van der Waals surface area contributed by atoms with E-state index in [0.717, 1.165) is 5.56 Å². The molecular formula is C15H13N3O3. The van der Waals surface area contributed by atoms with Crippen LogP contribution in [0.1, 0.15) is 21.7 Å². The van der Waals surface area contributed by atoms with E-state index in [2.05, 4.69) is 10.1 Å². The minimum absolute atomic E-state index is 0.0765. The van der Waals surface area contributed by atoms with Crippen molar-refractivity contribution in [2.45, 2.75) is 13.8 Å². The van der Waals surface area contributed by atoms with E-state index >= 15 is 0 Å². The molecule has 0 aliphatic carbocycles. The summed E-state index contributed by atoms with van der Waals surface area (Å²) < 4.78 is 6.92. The van der Waals surface area contributed by atoms with Gasteiger partial charge in [-0.3, -0.25) is 0 Å². The molecule has 0 saturated heterocycles. The van der Waals surface area contributed by atoms with Crippen LogP contribution < -0.4 is 0 Å². The van der Waals surface area contributed by atoms with Crippen LogP contribution in [0.25, 0.3) is 17.3 Å². The van der Waals surface area contributed by atoms with Gasteiger partial charge in [-0.25, -0.2) is 14.5 Å². The fourth-order valence-electron chi connectivity index (χ4n) is 2.04. The average Bonchev–Trinajstić information content (AvgIpc) is 3.04. The van der Waals surface area contributed by atoms with Gasteiger partial charge in [0, 0.05) is 12.4 Å². The first-order valence-corrected chi connectivity index (χ1v) is 6.37. The molecule has 3 rings (SSSR count). The van der Waals surface area contributed by atoms with Crippen LogP contribution in [0.2, 0.25) is 0 Å². The Morgan fingerprint density at radius 3 is 2.71 bits per heavy atom. The van der Waals surface area contributed by atoms with Crippen LogP contribution in [0.15, 0.2) is 41.1 Å². The molecule has 0 saturated carbocycles. The molecule has 0 atom stereocenters. The predicted octanol–water partition coefficient (Wildman–Crippen LogP) is 2.84. The SMILES string of the molecule is Cc1ccnc(-n2cc(C(=O)O)c(-c3ccc(C)o3)n2)c1. The summed E-state index contributed by atoms with van der Waals surface area (Å²) in [5.41, 5.74) is 1.38. The fourth-order valence-corrected chi connectivity index (χ4v) is 2.04. The van der Waals surface area contributed by atoms with Gasteiger partial charge in [0.05, 0.1) is 0 Å². The highest BCUT2D eigenvalue weighted by molar-refractivity contribution is 5.94. The number of aromatic nitrogens is 3. The van der Waals surface area contributed by atoms with E-state index in [1.807, 2.05) is 19.1 Å². The number of aryl methyl sites for hydroxylation is 2. The second-order valence-corrected chi connectivity index (χ2v) is 4.74. The maximum atomic E-state index is 11.4. The number of carbonyl (C=O) groups is 1. The number of hydrogen-bond acceptors (Lipinski definition) is 4. The van der Waals surface area contributed by atoms with Crippen molar-refractivity contribution < 1.29 is 14.3 Å². The summed E-state index contributed by atoms with van der Waals surface area (Å²) in [5, 5.41) is 13.6. The van der Waals surface area contributed by atoms with Gasteiger partial charge >= 0.3 is 5.97 Å². The van der Waals surface area contributed by atoms with E-state index in [1.54, 1.807) is 25.3 Å². The lowest BCUT2D eigenvalue weighted by Gasteiger charge is -2.00. The first-order chi connectivity index (χ1) is 10.0. The molecule has 0 aliphatic heterocycles. The molecule has 0 aliphatic rings. The van der Waals surface area contributed by atoms with Crippen molar-refractivity contribution in [1.82, 2.24) is 14.8 Å². The quantitative estimate of drug-likeness (QED) is 0.799. The van der Waals surface area contributed by atoms with Crippen LogP contribution in [0.3, 0.4) is 0 Å². The van der Waals surface area contributed by atoms with Crippen LogP contribution in [-0.4, -0.2) is 25.8 Å². The average molecular weight is 283 g/mol. The standard InChI is InChI=1S/C15H13N3O3/c1-9-5-6-16-13(7-9)18-8-11(15(19)20)14(17-18)12-4-3-10(2)21-12/h3-8H,1-2H3,(H,19,20). The Morgan fingerprint density at radius 1 is 1.29 bits per heavy atom. The molecule has 3 aromatic heterocycles. The molecular weight excluding hydrogens is 270 g/mol. The molecule has 3 heterocycles. The topological polar surface area (TPSA) is 81.2 Å². The Kier molecular flexibility index (Phi) is 3.06. The van der Waals surface area contributed by atoms with Gasteiger partial charge < -0.3 is 9.52 Å². The van der Waals surface area contributed by atoms with Crippen LogP contribution in [0.5, 0.6) is 0 Å². The van der Waals surface area contributed by atoms with Gasteiger partial charge in [-0.05, 0) is 43.7 Å². The molecule has 3 aromatic rings. The Morgan fingerprint density at radius 2 is 2.10 bits per heavy atom. The van der Waals surface area contributed by atoms with Crippen molar-refractivity contribution in [3.05, 3.63) is 53.5 Å². The van der Waals surface area contributed by atoms with Gasteiger partial charge in [0.25, 0.3) is 0 Å². The van der Waals surface area contributed by atoms with E-state index in [0.29, 0.717) is 23.0 Å². The fraction of sp³-hybridized carbons (Fsp3) is 0.133. The molecule has 0 radical (unpaired) electrons. The van der Waals surface area contributed by atoms with E-state index < -0.39 is 5.97 Å². The predicted molar refractivity (Wildman–Crippen MR) is 75.5 cm³/mol. The van der Waals surface area contributed by atoms with Gasteiger partial charge in [0.15, 0.2) is 11.6 Å². The molecule has 0 unspecified atom stereocenters. The van der Waals surface area contributed by atoms with E-state index in [9.17, 15) is 9.90 Å². The van der Waals surface area contributed by atoms with Gasteiger partial charge in [-0.1, -0.05) is 0 Å². The maximum absolute atomic E-state index is 11.4. The highest BCUT2D eigenvalue weighted by Gasteiger charge is 2.20. The Labute approximate surface area is 120 Å². The van der Waals surface area contributed by atoms with Gasteiger partial charge in [-0.15, -0.1) is 0 Å². The molecule has 0 aromatic carbocycles. The van der Waals surface area contributed by atoms with Gasteiger partial charge in [0.1, 0.15) is 17.0 Å². The third kappa shape index (κ3) is 2.43. The second-order valence-electron chi connectivity index (χ2n) is 4.74. The molecule has 0 bridgehead atoms. The summed E-state index contributed by atoms with van der Waals surface area (Å²) in [6, 6.07) is 7.17. The molecule has 21 heavy (non-hydrogen) atoms. The third-order valence-corrected chi connectivity index (χ3v) is 3.05. The number of aromatic carboxylic acids is 1. The molecule has 0 spiro atoms. The number of rotatable bonds is 3. The normalized spacial score (nSPS) is 10.8. The summed E-state index contributed by atoms with van der Waals surface area (Å²) in [6.45, 7) is 3.73. The molecule has 1 N–H and O–H groups in total.